The van der Waals surface area contributed by atoms with Crippen molar-refractivity contribution < 1.29 is 18.0 Å². The maximum atomic E-state index is 13.1. The average molecular weight is 397 g/mol. The largest absolute Gasteiger partial charge is 0.416 e. The van der Waals surface area contributed by atoms with Gasteiger partial charge in [0.15, 0.2) is 0 Å². The maximum absolute atomic E-state index is 13.1. The van der Waals surface area contributed by atoms with Gasteiger partial charge in [-0.25, -0.2) is 0 Å². The Labute approximate surface area is 161 Å². The lowest BCUT2D eigenvalue weighted by Gasteiger charge is -2.26. The first-order valence-corrected chi connectivity index (χ1v) is 9.14. The Kier molecular flexibility index (Phi) is 6.07. The monoisotopic (exact) mass is 396 g/mol. The summed E-state index contributed by atoms with van der Waals surface area (Å²) in [4.78, 5) is 13.7. The van der Waals surface area contributed by atoms with Gasteiger partial charge in [-0.3, -0.25) is 4.79 Å². The third kappa shape index (κ3) is 5.02. The van der Waals surface area contributed by atoms with Crippen LogP contribution in [0.5, 0.6) is 0 Å². The molecule has 144 valence electrons. The summed E-state index contributed by atoms with van der Waals surface area (Å²) in [5.74, 6) is 0.0338. The molecule has 0 spiro atoms. The second-order valence-corrected chi connectivity index (χ2v) is 7.00. The van der Waals surface area contributed by atoms with Gasteiger partial charge in [-0.1, -0.05) is 41.9 Å². The molecular weight excluding hydrogens is 377 g/mol. The van der Waals surface area contributed by atoms with E-state index in [0.29, 0.717) is 36.6 Å². The molecule has 0 bridgehead atoms. The number of hydrogen-bond donors (Lipinski definition) is 1. The first-order chi connectivity index (χ1) is 12.8. The second kappa shape index (κ2) is 8.31. The van der Waals surface area contributed by atoms with Crippen molar-refractivity contribution in [3.05, 3.63) is 70.2 Å². The molecule has 7 heteroatoms. The van der Waals surface area contributed by atoms with Crippen LogP contribution in [0.2, 0.25) is 5.02 Å². The molecule has 27 heavy (non-hydrogen) atoms. The molecule has 2 aromatic carbocycles. The number of carbonyl (C=O) groups is 1. The van der Waals surface area contributed by atoms with Gasteiger partial charge in [0.1, 0.15) is 0 Å². The number of carbonyl (C=O) groups excluding carboxylic acids is 1. The zero-order valence-corrected chi connectivity index (χ0v) is 15.4. The smallest absolute Gasteiger partial charge is 0.341 e. The number of alkyl halides is 3. The molecule has 1 unspecified atom stereocenters. The van der Waals surface area contributed by atoms with Crippen LogP contribution in [-0.4, -0.2) is 23.9 Å². The summed E-state index contributed by atoms with van der Waals surface area (Å²) >= 11 is 6.18. The lowest BCUT2D eigenvalue weighted by atomic mass is 10.0. The molecule has 1 aliphatic heterocycles. The van der Waals surface area contributed by atoms with Crippen LogP contribution < -0.4 is 5.32 Å². The van der Waals surface area contributed by atoms with Crippen molar-refractivity contribution in [1.29, 1.82) is 0 Å². The number of likely N-dealkylation sites (tertiary alicyclic amines) is 1. The number of benzene rings is 2. The first-order valence-electron chi connectivity index (χ1n) is 8.76. The van der Waals surface area contributed by atoms with Crippen LogP contribution in [0.4, 0.5) is 13.2 Å². The number of nitrogens with zero attached hydrogens (tertiary/aromatic N) is 1. The highest BCUT2D eigenvalue weighted by Gasteiger charge is 2.31. The van der Waals surface area contributed by atoms with Crippen LogP contribution in [0, 0.1) is 0 Å². The summed E-state index contributed by atoms with van der Waals surface area (Å²) in [7, 11) is 0. The van der Waals surface area contributed by atoms with Gasteiger partial charge in [0.25, 0.3) is 0 Å². The molecule has 1 N–H and O–H groups in total. The van der Waals surface area contributed by atoms with Crippen molar-refractivity contribution >= 4 is 17.5 Å². The van der Waals surface area contributed by atoms with Crippen LogP contribution in [0.15, 0.2) is 48.5 Å². The minimum atomic E-state index is -4.41. The minimum Gasteiger partial charge on any atom is -0.341 e. The molecule has 0 radical (unpaired) electrons. The molecule has 1 amide bonds. The van der Waals surface area contributed by atoms with Crippen molar-refractivity contribution in [2.45, 2.75) is 31.6 Å². The van der Waals surface area contributed by atoms with Crippen molar-refractivity contribution in [2.75, 3.05) is 13.1 Å². The van der Waals surface area contributed by atoms with Crippen LogP contribution >= 0.6 is 11.6 Å². The SMILES string of the molecule is O=C1CCCN1CC(NCc1ccccc1Cl)c1cccc(C(F)(F)F)c1. The summed E-state index contributed by atoms with van der Waals surface area (Å²) < 4.78 is 39.3. The molecule has 1 fully saturated rings. The highest BCUT2D eigenvalue weighted by molar-refractivity contribution is 6.31. The van der Waals surface area contributed by atoms with Gasteiger partial charge in [-0.2, -0.15) is 13.2 Å². The minimum absolute atomic E-state index is 0.0338. The Morgan fingerprint density at radius 1 is 1.15 bits per heavy atom. The molecule has 0 aliphatic carbocycles. The van der Waals surface area contributed by atoms with Gasteiger partial charge >= 0.3 is 6.18 Å². The fourth-order valence-electron chi connectivity index (χ4n) is 3.21. The van der Waals surface area contributed by atoms with E-state index in [-0.39, 0.29) is 5.91 Å². The van der Waals surface area contributed by atoms with Gasteiger partial charge in [-0.15, -0.1) is 0 Å². The normalized spacial score (nSPS) is 16.0. The van der Waals surface area contributed by atoms with Gasteiger partial charge in [0, 0.05) is 31.1 Å². The predicted octanol–water partition coefficient (Wildman–Crippen LogP) is 4.81. The zero-order chi connectivity index (χ0) is 19.4. The van der Waals surface area contributed by atoms with Gasteiger partial charge in [0.05, 0.1) is 11.6 Å². The van der Waals surface area contributed by atoms with Crippen LogP contribution in [-0.2, 0) is 17.5 Å². The molecule has 3 nitrogen and oxygen atoms in total. The molecule has 1 aliphatic rings. The van der Waals surface area contributed by atoms with E-state index in [4.69, 9.17) is 11.6 Å². The number of amides is 1. The molecule has 1 saturated heterocycles. The first kappa shape index (κ1) is 19.7. The van der Waals surface area contributed by atoms with E-state index in [1.54, 1.807) is 17.0 Å². The maximum Gasteiger partial charge on any atom is 0.416 e. The Bertz CT molecular complexity index is 810. The second-order valence-electron chi connectivity index (χ2n) is 6.59. The lowest BCUT2D eigenvalue weighted by molar-refractivity contribution is -0.137. The summed E-state index contributed by atoms with van der Waals surface area (Å²) in [6.45, 7) is 1.34. The van der Waals surface area contributed by atoms with E-state index in [1.807, 2.05) is 18.2 Å². The lowest BCUT2D eigenvalue weighted by Crippen LogP contribution is -2.36. The molecule has 3 rings (SSSR count). The van der Waals surface area contributed by atoms with Gasteiger partial charge in [-0.05, 0) is 35.7 Å². The Hall–Kier alpha value is -2.05. The van der Waals surface area contributed by atoms with Crippen molar-refractivity contribution in [3.8, 4) is 0 Å². The molecule has 1 atom stereocenters. The van der Waals surface area contributed by atoms with Gasteiger partial charge in [0.2, 0.25) is 5.91 Å². The number of hydrogen-bond acceptors (Lipinski definition) is 2. The van der Waals surface area contributed by atoms with Crippen molar-refractivity contribution in [3.63, 3.8) is 0 Å². The topological polar surface area (TPSA) is 32.3 Å². The third-order valence-corrected chi connectivity index (χ3v) is 5.06. The summed E-state index contributed by atoms with van der Waals surface area (Å²) in [5, 5.41) is 3.86. The number of halogens is 4. The predicted molar refractivity (Wildman–Crippen MR) is 98.3 cm³/mol. The number of nitrogens with one attached hydrogen (secondary N) is 1. The fraction of sp³-hybridized carbons (Fsp3) is 0.350. The van der Waals surface area contributed by atoms with E-state index in [2.05, 4.69) is 5.32 Å². The molecule has 0 aromatic heterocycles. The van der Waals surface area contributed by atoms with E-state index in [1.165, 1.54) is 6.07 Å². The van der Waals surface area contributed by atoms with Crippen LogP contribution in [0.3, 0.4) is 0 Å². The average Bonchev–Trinajstić information content (AvgIpc) is 3.04. The Morgan fingerprint density at radius 3 is 2.59 bits per heavy atom. The highest BCUT2D eigenvalue weighted by Crippen LogP contribution is 2.31. The zero-order valence-electron chi connectivity index (χ0n) is 14.6. The summed E-state index contributed by atoms with van der Waals surface area (Å²) in [5.41, 5.74) is 0.651. The summed E-state index contributed by atoms with van der Waals surface area (Å²) in [6.07, 6.45) is -3.15. The molecular formula is C20H20ClF3N2O. The Morgan fingerprint density at radius 2 is 1.93 bits per heavy atom. The van der Waals surface area contributed by atoms with E-state index in [9.17, 15) is 18.0 Å². The van der Waals surface area contributed by atoms with E-state index >= 15 is 0 Å². The van der Waals surface area contributed by atoms with Crippen molar-refractivity contribution in [2.24, 2.45) is 0 Å². The highest BCUT2D eigenvalue weighted by atomic mass is 35.5. The van der Waals surface area contributed by atoms with Gasteiger partial charge < -0.3 is 10.2 Å². The molecule has 0 saturated carbocycles. The number of rotatable bonds is 6. The third-order valence-electron chi connectivity index (χ3n) is 4.69. The van der Waals surface area contributed by atoms with Crippen LogP contribution in [0.1, 0.15) is 35.6 Å². The quantitative estimate of drug-likeness (QED) is 0.759. The fourth-order valence-corrected chi connectivity index (χ4v) is 3.41. The van der Waals surface area contributed by atoms with Crippen LogP contribution in [0.25, 0.3) is 0 Å². The molecule has 2 aromatic rings. The molecule has 1 heterocycles. The summed E-state index contributed by atoms with van der Waals surface area (Å²) in [6, 6.07) is 12.1. The van der Waals surface area contributed by atoms with E-state index < -0.39 is 17.8 Å². The Balaban J connectivity index is 1.83. The van der Waals surface area contributed by atoms with Crippen molar-refractivity contribution in [1.82, 2.24) is 10.2 Å². The standard InChI is InChI=1S/C20H20ClF3N2O/c21-17-8-2-1-5-15(17)12-25-18(13-26-10-4-9-19(26)27)14-6-3-7-16(11-14)20(22,23)24/h1-3,5-8,11,18,25H,4,9-10,12-13H2. The van der Waals surface area contributed by atoms with E-state index in [0.717, 1.165) is 24.1 Å².